The molecule has 0 aromatic heterocycles. The smallest absolute Gasteiger partial charge is 0.326 e. The van der Waals surface area contributed by atoms with Crippen LogP contribution < -0.4 is 9.64 Å². The van der Waals surface area contributed by atoms with Gasteiger partial charge in [0.15, 0.2) is 0 Å². The van der Waals surface area contributed by atoms with Gasteiger partial charge in [-0.2, -0.15) is 0 Å². The standard InChI is InChI=1S/C14H21NO3/c1-9(2)11-6-7-12(13(8-11)18-5)15(4)10(3)14(16)17/h6-10H,1-5H3,(H,16,17). The number of anilines is 1. The highest BCUT2D eigenvalue weighted by Crippen LogP contribution is 2.32. The van der Waals surface area contributed by atoms with Crippen molar-refractivity contribution in [2.45, 2.75) is 32.7 Å². The molecule has 0 spiro atoms. The van der Waals surface area contributed by atoms with Gasteiger partial charge in [-0.25, -0.2) is 4.79 Å². The van der Waals surface area contributed by atoms with E-state index < -0.39 is 12.0 Å². The normalized spacial score (nSPS) is 12.3. The highest BCUT2D eigenvalue weighted by molar-refractivity contribution is 5.78. The molecule has 0 saturated heterocycles. The summed E-state index contributed by atoms with van der Waals surface area (Å²) in [5.41, 5.74) is 1.96. The molecule has 1 N–H and O–H groups in total. The minimum Gasteiger partial charge on any atom is -0.495 e. The number of hydrogen-bond acceptors (Lipinski definition) is 3. The van der Waals surface area contributed by atoms with Crippen molar-refractivity contribution in [3.8, 4) is 5.75 Å². The number of likely N-dealkylation sites (N-methyl/N-ethyl adjacent to an activating group) is 1. The fourth-order valence-corrected chi connectivity index (χ4v) is 1.72. The Balaban J connectivity index is 3.13. The molecular weight excluding hydrogens is 230 g/mol. The molecule has 1 aromatic rings. The van der Waals surface area contributed by atoms with Crippen molar-refractivity contribution in [1.82, 2.24) is 0 Å². The number of rotatable bonds is 5. The summed E-state index contributed by atoms with van der Waals surface area (Å²) in [4.78, 5) is 12.7. The zero-order chi connectivity index (χ0) is 13.9. The summed E-state index contributed by atoms with van der Waals surface area (Å²) in [5.74, 6) is 0.263. The first-order chi connectivity index (χ1) is 8.38. The lowest BCUT2D eigenvalue weighted by molar-refractivity contribution is -0.138. The number of carboxylic acid groups (broad SMARTS) is 1. The summed E-state index contributed by atoms with van der Waals surface area (Å²) < 4.78 is 5.35. The van der Waals surface area contributed by atoms with Crippen LogP contribution in [0.15, 0.2) is 18.2 Å². The van der Waals surface area contributed by atoms with Gasteiger partial charge in [-0.15, -0.1) is 0 Å². The van der Waals surface area contributed by atoms with Crippen LogP contribution in [0.1, 0.15) is 32.3 Å². The van der Waals surface area contributed by atoms with Gasteiger partial charge in [-0.3, -0.25) is 0 Å². The van der Waals surface area contributed by atoms with Crippen LogP contribution in [0.5, 0.6) is 5.75 Å². The molecule has 0 bridgehead atoms. The monoisotopic (exact) mass is 251 g/mol. The second-order valence-electron chi connectivity index (χ2n) is 4.71. The lowest BCUT2D eigenvalue weighted by atomic mass is 10.0. The van der Waals surface area contributed by atoms with Crippen LogP contribution in [0.2, 0.25) is 0 Å². The summed E-state index contributed by atoms with van der Waals surface area (Å²) in [7, 11) is 3.36. The predicted octanol–water partition coefficient (Wildman–Crippen LogP) is 2.73. The number of aliphatic carboxylic acids is 1. The molecule has 0 saturated carbocycles. The SMILES string of the molecule is COc1cc(C(C)C)ccc1N(C)C(C)C(=O)O. The topological polar surface area (TPSA) is 49.8 Å². The number of ether oxygens (including phenoxy) is 1. The molecule has 0 heterocycles. The van der Waals surface area contributed by atoms with Crippen LogP contribution >= 0.6 is 0 Å². The molecule has 18 heavy (non-hydrogen) atoms. The maximum atomic E-state index is 11.0. The number of benzene rings is 1. The second-order valence-corrected chi connectivity index (χ2v) is 4.71. The van der Waals surface area contributed by atoms with Gasteiger partial charge in [0.05, 0.1) is 12.8 Å². The molecule has 1 atom stereocenters. The largest absolute Gasteiger partial charge is 0.495 e. The lowest BCUT2D eigenvalue weighted by Crippen LogP contribution is -2.36. The summed E-state index contributed by atoms with van der Waals surface area (Å²) >= 11 is 0. The van der Waals surface area contributed by atoms with Crippen molar-refractivity contribution in [3.05, 3.63) is 23.8 Å². The van der Waals surface area contributed by atoms with Crippen molar-refractivity contribution >= 4 is 11.7 Å². The fraction of sp³-hybridized carbons (Fsp3) is 0.500. The quantitative estimate of drug-likeness (QED) is 0.874. The molecule has 0 aliphatic heterocycles. The summed E-state index contributed by atoms with van der Waals surface area (Å²) in [6.45, 7) is 5.87. The molecule has 1 rings (SSSR count). The Hall–Kier alpha value is -1.71. The average molecular weight is 251 g/mol. The Morgan fingerprint density at radius 3 is 2.39 bits per heavy atom. The molecule has 0 fully saturated rings. The molecule has 1 unspecified atom stereocenters. The summed E-state index contributed by atoms with van der Waals surface area (Å²) in [6.07, 6.45) is 0. The van der Waals surface area contributed by atoms with Crippen LogP contribution in [-0.4, -0.2) is 31.3 Å². The van der Waals surface area contributed by atoms with Gasteiger partial charge in [-0.1, -0.05) is 19.9 Å². The number of methoxy groups -OCH3 is 1. The highest BCUT2D eigenvalue weighted by Gasteiger charge is 2.20. The molecule has 0 aliphatic rings. The van der Waals surface area contributed by atoms with Gasteiger partial charge >= 0.3 is 5.97 Å². The molecule has 1 aromatic carbocycles. The van der Waals surface area contributed by atoms with E-state index in [2.05, 4.69) is 13.8 Å². The molecule has 0 aliphatic carbocycles. The van der Waals surface area contributed by atoms with Crippen molar-refractivity contribution in [3.63, 3.8) is 0 Å². The van der Waals surface area contributed by atoms with Gasteiger partial charge in [0.25, 0.3) is 0 Å². The average Bonchev–Trinajstić information content (AvgIpc) is 2.35. The zero-order valence-corrected chi connectivity index (χ0v) is 11.6. The summed E-state index contributed by atoms with van der Waals surface area (Å²) in [5, 5.41) is 9.04. The van der Waals surface area contributed by atoms with Gasteiger partial charge < -0.3 is 14.7 Å². The van der Waals surface area contributed by atoms with Crippen molar-refractivity contribution < 1.29 is 14.6 Å². The predicted molar refractivity (Wildman–Crippen MR) is 72.6 cm³/mol. The van der Waals surface area contributed by atoms with E-state index in [-0.39, 0.29) is 0 Å². The van der Waals surface area contributed by atoms with E-state index in [0.717, 1.165) is 5.69 Å². The van der Waals surface area contributed by atoms with Gasteiger partial charge in [0.1, 0.15) is 11.8 Å². The molecule has 4 nitrogen and oxygen atoms in total. The maximum absolute atomic E-state index is 11.0. The molecule has 0 radical (unpaired) electrons. The van der Waals surface area contributed by atoms with E-state index in [1.807, 2.05) is 18.2 Å². The van der Waals surface area contributed by atoms with E-state index >= 15 is 0 Å². The van der Waals surface area contributed by atoms with E-state index in [9.17, 15) is 4.79 Å². The second kappa shape index (κ2) is 5.76. The summed E-state index contributed by atoms with van der Waals surface area (Å²) in [6, 6.07) is 5.29. The van der Waals surface area contributed by atoms with Crippen LogP contribution in [0.4, 0.5) is 5.69 Å². The minimum atomic E-state index is -0.854. The van der Waals surface area contributed by atoms with Crippen LogP contribution in [0, 0.1) is 0 Å². The van der Waals surface area contributed by atoms with Crippen LogP contribution in [0.25, 0.3) is 0 Å². The van der Waals surface area contributed by atoms with Crippen molar-refractivity contribution in [1.29, 1.82) is 0 Å². The first-order valence-electron chi connectivity index (χ1n) is 6.02. The number of nitrogens with zero attached hydrogens (tertiary/aromatic N) is 1. The Morgan fingerprint density at radius 1 is 1.33 bits per heavy atom. The van der Waals surface area contributed by atoms with E-state index in [0.29, 0.717) is 11.7 Å². The third-order valence-electron chi connectivity index (χ3n) is 3.19. The molecule has 100 valence electrons. The van der Waals surface area contributed by atoms with Crippen LogP contribution in [-0.2, 0) is 4.79 Å². The molecule has 0 amide bonds. The Labute approximate surface area is 108 Å². The van der Waals surface area contributed by atoms with Gasteiger partial charge in [0, 0.05) is 7.05 Å². The Bertz CT molecular complexity index is 429. The van der Waals surface area contributed by atoms with Crippen LogP contribution in [0.3, 0.4) is 0 Å². The fourth-order valence-electron chi connectivity index (χ4n) is 1.72. The van der Waals surface area contributed by atoms with Gasteiger partial charge in [-0.05, 0) is 30.5 Å². The first-order valence-corrected chi connectivity index (χ1v) is 6.02. The third-order valence-corrected chi connectivity index (χ3v) is 3.19. The minimum absolute atomic E-state index is 0.412. The Kier molecular flexibility index (Phi) is 4.59. The maximum Gasteiger partial charge on any atom is 0.326 e. The van der Waals surface area contributed by atoms with Gasteiger partial charge in [0.2, 0.25) is 0 Å². The highest BCUT2D eigenvalue weighted by atomic mass is 16.5. The number of hydrogen-bond donors (Lipinski definition) is 1. The third kappa shape index (κ3) is 2.94. The number of carboxylic acids is 1. The Morgan fingerprint density at radius 2 is 1.94 bits per heavy atom. The first kappa shape index (κ1) is 14.4. The zero-order valence-electron chi connectivity index (χ0n) is 11.6. The lowest BCUT2D eigenvalue weighted by Gasteiger charge is -2.26. The molecular formula is C14H21NO3. The van der Waals surface area contributed by atoms with Crippen molar-refractivity contribution in [2.24, 2.45) is 0 Å². The van der Waals surface area contributed by atoms with E-state index in [4.69, 9.17) is 9.84 Å². The van der Waals surface area contributed by atoms with E-state index in [1.54, 1.807) is 26.0 Å². The number of carbonyl (C=O) groups is 1. The van der Waals surface area contributed by atoms with Crippen molar-refractivity contribution in [2.75, 3.05) is 19.1 Å². The molecule has 4 heteroatoms. The van der Waals surface area contributed by atoms with E-state index in [1.165, 1.54) is 5.56 Å².